The van der Waals surface area contributed by atoms with Gasteiger partial charge in [-0.2, -0.15) is 4.31 Å². The van der Waals surface area contributed by atoms with Crippen LogP contribution in [0.25, 0.3) is 0 Å². The standard InChI is InChI=1S/C27H35N3O7S2/c1-5-36-26(32)23-21-11-12-29(27(33)37-6-2)16-22(21)38-25(23)28-24(31)19-7-9-20(10-8-19)39(34,35)30-14-17(3)13-18(4)15-30/h7-10,17-18H,5-6,11-16H2,1-4H3,(H,28,31)/t17-,18-/m0/s1. The fourth-order valence-electron chi connectivity index (χ4n) is 5.19. The quantitative estimate of drug-likeness (QED) is 0.485. The van der Waals surface area contributed by atoms with Crippen LogP contribution in [-0.4, -0.2) is 68.4 Å². The molecule has 3 heterocycles. The van der Waals surface area contributed by atoms with Gasteiger partial charge in [-0.3, -0.25) is 4.79 Å². The second-order valence-electron chi connectivity index (χ2n) is 10.0. The van der Waals surface area contributed by atoms with E-state index in [0.717, 1.165) is 16.9 Å². The Bertz CT molecular complexity index is 1330. The molecule has 0 saturated carbocycles. The summed E-state index contributed by atoms with van der Waals surface area (Å²) in [6, 6.07) is 5.83. The molecule has 2 aliphatic rings. The van der Waals surface area contributed by atoms with E-state index in [1.165, 1.54) is 39.9 Å². The number of piperidine rings is 1. The fraction of sp³-hybridized carbons (Fsp3) is 0.519. The van der Waals surface area contributed by atoms with Gasteiger partial charge in [-0.1, -0.05) is 13.8 Å². The van der Waals surface area contributed by atoms with Crippen LogP contribution >= 0.6 is 11.3 Å². The Hall–Kier alpha value is -2.96. The third-order valence-electron chi connectivity index (χ3n) is 6.88. The van der Waals surface area contributed by atoms with Crippen molar-refractivity contribution in [2.45, 2.75) is 52.0 Å². The van der Waals surface area contributed by atoms with Crippen LogP contribution in [0.1, 0.15) is 65.3 Å². The van der Waals surface area contributed by atoms with Crippen LogP contribution in [-0.2, 0) is 32.5 Å². The van der Waals surface area contributed by atoms with Crippen molar-refractivity contribution >= 4 is 44.3 Å². The number of sulfonamides is 1. The van der Waals surface area contributed by atoms with Crippen LogP contribution in [0.2, 0.25) is 0 Å². The van der Waals surface area contributed by atoms with Gasteiger partial charge < -0.3 is 19.7 Å². The van der Waals surface area contributed by atoms with Gasteiger partial charge >= 0.3 is 12.1 Å². The van der Waals surface area contributed by atoms with E-state index in [0.29, 0.717) is 36.6 Å². The molecular weight excluding hydrogens is 542 g/mol. The van der Waals surface area contributed by atoms with E-state index in [4.69, 9.17) is 9.47 Å². The zero-order valence-electron chi connectivity index (χ0n) is 22.7. The first-order valence-electron chi connectivity index (χ1n) is 13.2. The van der Waals surface area contributed by atoms with Crippen molar-refractivity contribution in [1.82, 2.24) is 9.21 Å². The van der Waals surface area contributed by atoms with Gasteiger partial charge in [0.05, 0.1) is 30.2 Å². The molecule has 212 valence electrons. The fourth-order valence-corrected chi connectivity index (χ4v) is 8.11. The number of thiophene rings is 1. The average molecular weight is 578 g/mol. The number of nitrogens with one attached hydrogen (secondary N) is 1. The lowest BCUT2D eigenvalue weighted by Crippen LogP contribution is -2.42. The first-order valence-corrected chi connectivity index (χ1v) is 15.5. The Morgan fingerprint density at radius 1 is 1.03 bits per heavy atom. The maximum Gasteiger partial charge on any atom is 0.410 e. The molecule has 2 amide bonds. The predicted molar refractivity (Wildman–Crippen MR) is 148 cm³/mol. The van der Waals surface area contributed by atoms with Crippen LogP contribution in [0.4, 0.5) is 9.80 Å². The Morgan fingerprint density at radius 3 is 2.28 bits per heavy atom. The molecule has 12 heteroatoms. The molecule has 1 fully saturated rings. The topological polar surface area (TPSA) is 122 Å². The molecule has 4 rings (SSSR count). The van der Waals surface area contributed by atoms with Crippen molar-refractivity contribution in [3.05, 3.63) is 45.8 Å². The molecular formula is C27H35N3O7S2. The second-order valence-corrected chi connectivity index (χ2v) is 13.1. The molecule has 0 aliphatic carbocycles. The summed E-state index contributed by atoms with van der Waals surface area (Å²) in [5.41, 5.74) is 1.30. The number of benzene rings is 1. The molecule has 1 saturated heterocycles. The predicted octanol–water partition coefficient (Wildman–Crippen LogP) is 4.36. The Morgan fingerprint density at radius 2 is 1.67 bits per heavy atom. The summed E-state index contributed by atoms with van der Waals surface area (Å²) in [7, 11) is -3.67. The Labute approximate surface area is 233 Å². The molecule has 10 nitrogen and oxygen atoms in total. The van der Waals surface area contributed by atoms with Crippen molar-refractivity contribution in [2.24, 2.45) is 11.8 Å². The highest BCUT2D eigenvalue weighted by molar-refractivity contribution is 7.89. The normalized spacial score (nSPS) is 19.7. The number of hydrogen-bond acceptors (Lipinski definition) is 8. The van der Waals surface area contributed by atoms with Gasteiger partial charge in [-0.05, 0) is 68.4 Å². The van der Waals surface area contributed by atoms with Gasteiger partial charge in [0, 0.05) is 30.1 Å². The molecule has 1 aromatic heterocycles. The molecule has 0 bridgehead atoms. The molecule has 39 heavy (non-hydrogen) atoms. The zero-order chi connectivity index (χ0) is 28.3. The molecule has 0 unspecified atom stereocenters. The van der Waals surface area contributed by atoms with Crippen molar-refractivity contribution < 1.29 is 32.3 Å². The number of amides is 2. The number of rotatable bonds is 7. The highest BCUT2D eigenvalue weighted by Crippen LogP contribution is 2.38. The molecule has 1 N–H and O–H groups in total. The van der Waals surface area contributed by atoms with E-state index in [-0.39, 0.29) is 42.1 Å². The van der Waals surface area contributed by atoms with Crippen molar-refractivity contribution in [2.75, 3.05) is 38.2 Å². The first kappa shape index (κ1) is 29.0. The average Bonchev–Trinajstić information content (AvgIpc) is 3.25. The number of esters is 1. The lowest BCUT2D eigenvalue weighted by Gasteiger charge is -2.34. The summed E-state index contributed by atoms with van der Waals surface area (Å²) < 4.78 is 38.3. The maximum atomic E-state index is 13.2. The Kier molecular flexibility index (Phi) is 8.97. The number of carbonyl (C=O) groups excluding carboxylic acids is 3. The Balaban J connectivity index is 1.55. The third kappa shape index (κ3) is 6.28. The van der Waals surface area contributed by atoms with Gasteiger partial charge in [-0.15, -0.1) is 11.3 Å². The minimum atomic E-state index is -3.67. The van der Waals surface area contributed by atoms with E-state index in [9.17, 15) is 22.8 Å². The van der Waals surface area contributed by atoms with E-state index in [2.05, 4.69) is 5.32 Å². The molecule has 0 radical (unpaired) electrons. The van der Waals surface area contributed by atoms with E-state index >= 15 is 0 Å². The number of nitrogens with zero attached hydrogens (tertiary/aromatic N) is 2. The van der Waals surface area contributed by atoms with Crippen LogP contribution in [0.5, 0.6) is 0 Å². The number of fused-ring (bicyclic) bond motifs is 1. The summed E-state index contributed by atoms with van der Waals surface area (Å²) in [6.07, 6.45) is 0.990. The van der Waals surface area contributed by atoms with E-state index < -0.39 is 28.0 Å². The van der Waals surface area contributed by atoms with Gasteiger partial charge in [0.25, 0.3) is 5.91 Å². The SMILES string of the molecule is CCOC(=O)c1c(NC(=O)c2ccc(S(=O)(=O)N3C[C@@H](C)C[C@H](C)C3)cc2)sc2c1CCN(C(=O)OCC)C2. The van der Waals surface area contributed by atoms with Gasteiger partial charge in [0.15, 0.2) is 0 Å². The maximum absolute atomic E-state index is 13.2. The van der Waals surface area contributed by atoms with Gasteiger partial charge in [0.1, 0.15) is 5.00 Å². The van der Waals surface area contributed by atoms with Gasteiger partial charge in [-0.25, -0.2) is 18.0 Å². The molecule has 2 aliphatic heterocycles. The van der Waals surface area contributed by atoms with Crippen molar-refractivity contribution in [3.8, 4) is 0 Å². The number of hydrogen-bond donors (Lipinski definition) is 1. The minimum absolute atomic E-state index is 0.137. The first-order chi connectivity index (χ1) is 18.5. The van der Waals surface area contributed by atoms with Crippen molar-refractivity contribution in [1.29, 1.82) is 0 Å². The highest BCUT2D eigenvalue weighted by atomic mass is 32.2. The van der Waals surface area contributed by atoms with Crippen LogP contribution < -0.4 is 5.32 Å². The highest BCUT2D eigenvalue weighted by Gasteiger charge is 2.33. The van der Waals surface area contributed by atoms with Crippen molar-refractivity contribution in [3.63, 3.8) is 0 Å². The number of ether oxygens (including phenoxy) is 2. The third-order valence-corrected chi connectivity index (χ3v) is 9.86. The number of carbonyl (C=O) groups is 3. The smallest absolute Gasteiger partial charge is 0.410 e. The minimum Gasteiger partial charge on any atom is -0.462 e. The largest absolute Gasteiger partial charge is 0.462 e. The molecule has 2 aromatic rings. The summed E-state index contributed by atoms with van der Waals surface area (Å²) in [6.45, 7) is 9.58. The summed E-state index contributed by atoms with van der Waals surface area (Å²) in [5.74, 6) is -0.460. The van der Waals surface area contributed by atoms with Crippen LogP contribution in [0.3, 0.4) is 0 Å². The van der Waals surface area contributed by atoms with E-state index in [1.54, 1.807) is 18.7 Å². The summed E-state index contributed by atoms with van der Waals surface area (Å²) >= 11 is 1.22. The second kappa shape index (κ2) is 12.1. The lowest BCUT2D eigenvalue weighted by atomic mass is 9.94. The molecule has 1 aromatic carbocycles. The molecule has 0 spiro atoms. The van der Waals surface area contributed by atoms with Crippen LogP contribution in [0, 0.1) is 11.8 Å². The lowest BCUT2D eigenvalue weighted by molar-refractivity contribution is 0.0526. The zero-order valence-corrected chi connectivity index (χ0v) is 24.3. The number of anilines is 1. The van der Waals surface area contributed by atoms with Crippen LogP contribution in [0.15, 0.2) is 29.2 Å². The molecule has 2 atom stereocenters. The summed E-state index contributed by atoms with van der Waals surface area (Å²) in [5, 5.41) is 3.15. The van der Waals surface area contributed by atoms with Gasteiger partial charge in [0.2, 0.25) is 10.0 Å². The monoisotopic (exact) mass is 577 g/mol. The summed E-state index contributed by atoms with van der Waals surface area (Å²) in [4.78, 5) is 40.7. The van der Waals surface area contributed by atoms with E-state index in [1.807, 2.05) is 13.8 Å².